The lowest BCUT2D eigenvalue weighted by Crippen LogP contribution is -2.28. The fourth-order valence-electron chi connectivity index (χ4n) is 4.38. The molecule has 0 N–H and O–H groups in total. The van der Waals surface area contributed by atoms with Gasteiger partial charge >= 0.3 is 15.6 Å². The molecule has 0 bridgehead atoms. The fourth-order valence-corrected chi connectivity index (χ4v) is 5.96. The smallest absolute Gasteiger partial charge is 0.376 e. The Morgan fingerprint density at radius 3 is 1.88 bits per heavy atom. The Labute approximate surface area is 189 Å². The molecule has 1 heterocycles. The van der Waals surface area contributed by atoms with Gasteiger partial charge in [-0.25, -0.2) is 0 Å². The molecule has 164 valence electrons. The Kier molecular flexibility index (Phi) is 4.19. The molecule has 6 rings (SSSR count). The lowest BCUT2D eigenvalue weighted by Gasteiger charge is -2.13. The van der Waals surface area contributed by atoms with E-state index in [-0.39, 0.29) is 5.75 Å². The molecule has 0 radical (unpaired) electrons. The Morgan fingerprint density at radius 2 is 1.18 bits per heavy atom. The van der Waals surface area contributed by atoms with Crippen molar-refractivity contribution in [3.05, 3.63) is 78.9 Å². The Bertz CT molecular complexity index is 1850. The van der Waals surface area contributed by atoms with E-state index in [0.29, 0.717) is 5.39 Å². The van der Waals surface area contributed by atoms with Crippen molar-refractivity contribution >= 4 is 73.9 Å². The summed E-state index contributed by atoms with van der Waals surface area (Å²) in [5, 5.41) is 7.42. The van der Waals surface area contributed by atoms with E-state index in [2.05, 4.69) is 28.4 Å². The summed E-state index contributed by atoms with van der Waals surface area (Å²) in [7, 11) is -5.76. The number of rotatable bonds is 2. The summed E-state index contributed by atoms with van der Waals surface area (Å²) >= 11 is 1.68. The van der Waals surface area contributed by atoms with Crippen molar-refractivity contribution in [3.8, 4) is 5.75 Å². The predicted octanol–water partition coefficient (Wildman–Crippen LogP) is 7.74. The maximum absolute atomic E-state index is 12.8. The first-order valence-electron chi connectivity index (χ1n) is 9.93. The van der Waals surface area contributed by atoms with Gasteiger partial charge < -0.3 is 4.18 Å². The van der Waals surface area contributed by atoms with Crippen molar-refractivity contribution in [2.24, 2.45) is 0 Å². The summed E-state index contributed by atoms with van der Waals surface area (Å²) < 4.78 is 68.2. The normalized spacial score (nSPS) is 12.9. The standard InChI is InChI=1S/C25H13F3O3S2/c26-25(27,28)33(29,30)31-14-9-10-17-19(11-14)15-5-1-2-6-16(15)20-12-22-18-7-3-4-8-23(18)32-24(22)13-21(17)20/h1-13H. The number of alkyl halides is 3. The highest BCUT2D eigenvalue weighted by Crippen LogP contribution is 2.42. The van der Waals surface area contributed by atoms with Gasteiger partial charge in [0, 0.05) is 20.2 Å². The van der Waals surface area contributed by atoms with Gasteiger partial charge in [-0.05, 0) is 68.7 Å². The van der Waals surface area contributed by atoms with Crippen LogP contribution < -0.4 is 4.18 Å². The molecule has 0 aliphatic rings. The van der Waals surface area contributed by atoms with E-state index in [4.69, 9.17) is 0 Å². The quantitative estimate of drug-likeness (QED) is 0.144. The summed E-state index contributed by atoms with van der Waals surface area (Å²) in [6, 6.07) is 24.2. The van der Waals surface area contributed by atoms with E-state index in [1.807, 2.05) is 36.4 Å². The third kappa shape index (κ3) is 3.05. The molecule has 0 fully saturated rings. The second kappa shape index (κ2) is 6.82. The maximum Gasteiger partial charge on any atom is 0.534 e. The number of fused-ring (bicyclic) bond motifs is 9. The first-order chi connectivity index (χ1) is 15.7. The van der Waals surface area contributed by atoms with Crippen molar-refractivity contribution in [2.45, 2.75) is 5.51 Å². The molecule has 33 heavy (non-hydrogen) atoms. The molecule has 1 aromatic heterocycles. The van der Waals surface area contributed by atoms with E-state index in [1.54, 1.807) is 17.4 Å². The van der Waals surface area contributed by atoms with Crippen LogP contribution in [0.15, 0.2) is 78.9 Å². The minimum absolute atomic E-state index is 0.382. The van der Waals surface area contributed by atoms with Crippen LogP contribution in [-0.2, 0) is 10.1 Å². The third-order valence-corrected chi connectivity index (χ3v) is 7.91. The zero-order chi connectivity index (χ0) is 23.0. The fraction of sp³-hybridized carbons (Fsp3) is 0.0400. The zero-order valence-corrected chi connectivity index (χ0v) is 18.3. The van der Waals surface area contributed by atoms with Crippen LogP contribution in [0.3, 0.4) is 0 Å². The Morgan fingerprint density at radius 1 is 0.606 bits per heavy atom. The molecular formula is C25H13F3O3S2. The topological polar surface area (TPSA) is 43.4 Å². The molecule has 0 atom stereocenters. The molecule has 0 unspecified atom stereocenters. The molecule has 8 heteroatoms. The number of hydrogen-bond donors (Lipinski definition) is 0. The second-order valence-corrected chi connectivity index (χ2v) is 10.3. The predicted molar refractivity (Wildman–Crippen MR) is 127 cm³/mol. The number of halogens is 3. The van der Waals surface area contributed by atoms with E-state index in [0.717, 1.165) is 37.0 Å². The van der Waals surface area contributed by atoms with Crippen molar-refractivity contribution in [3.63, 3.8) is 0 Å². The number of hydrogen-bond acceptors (Lipinski definition) is 4. The highest BCUT2D eigenvalue weighted by Gasteiger charge is 2.48. The monoisotopic (exact) mass is 482 g/mol. The van der Waals surface area contributed by atoms with Crippen molar-refractivity contribution in [1.29, 1.82) is 0 Å². The molecule has 0 amide bonds. The minimum Gasteiger partial charge on any atom is -0.376 e. The molecule has 0 aliphatic carbocycles. The highest BCUT2D eigenvalue weighted by atomic mass is 32.2. The van der Waals surface area contributed by atoms with Gasteiger partial charge in [-0.3, -0.25) is 0 Å². The van der Waals surface area contributed by atoms with Crippen molar-refractivity contribution in [2.75, 3.05) is 0 Å². The molecule has 0 saturated heterocycles. The van der Waals surface area contributed by atoms with E-state index < -0.39 is 15.6 Å². The van der Waals surface area contributed by atoms with E-state index >= 15 is 0 Å². The lowest BCUT2D eigenvalue weighted by molar-refractivity contribution is -0.0500. The number of benzene rings is 5. The van der Waals surface area contributed by atoms with Crippen LogP contribution in [0.2, 0.25) is 0 Å². The van der Waals surface area contributed by atoms with Crippen molar-refractivity contribution < 1.29 is 25.8 Å². The SMILES string of the molecule is O=S(=O)(Oc1ccc2c(c1)c1ccccc1c1cc3c(cc21)sc1ccccc13)C(F)(F)F. The van der Waals surface area contributed by atoms with Crippen LogP contribution in [0.1, 0.15) is 0 Å². The first-order valence-corrected chi connectivity index (χ1v) is 12.2. The van der Waals surface area contributed by atoms with E-state index in [1.165, 1.54) is 22.2 Å². The molecule has 0 spiro atoms. The van der Waals surface area contributed by atoms with Gasteiger partial charge in [-0.2, -0.15) is 21.6 Å². The van der Waals surface area contributed by atoms with Crippen LogP contribution in [-0.4, -0.2) is 13.9 Å². The molecule has 0 saturated carbocycles. The Balaban J connectivity index is 1.70. The second-order valence-electron chi connectivity index (χ2n) is 7.73. The summed E-state index contributed by atoms with van der Waals surface area (Å²) in [5.41, 5.74) is -5.50. The van der Waals surface area contributed by atoms with Gasteiger partial charge in [-0.15, -0.1) is 11.3 Å². The van der Waals surface area contributed by atoms with Crippen molar-refractivity contribution in [1.82, 2.24) is 0 Å². The highest BCUT2D eigenvalue weighted by molar-refractivity contribution is 7.88. The zero-order valence-electron chi connectivity index (χ0n) is 16.7. The summed E-state index contributed by atoms with van der Waals surface area (Å²) in [6.45, 7) is 0. The lowest BCUT2D eigenvalue weighted by atomic mass is 9.93. The maximum atomic E-state index is 12.8. The molecule has 3 nitrogen and oxygen atoms in total. The molecule has 6 aromatic rings. The van der Waals surface area contributed by atoms with Gasteiger partial charge in [0.2, 0.25) is 0 Å². The van der Waals surface area contributed by atoms with Crippen LogP contribution in [0.5, 0.6) is 5.75 Å². The van der Waals surface area contributed by atoms with E-state index in [9.17, 15) is 21.6 Å². The average Bonchev–Trinajstić information content (AvgIpc) is 3.15. The first kappa shape index (κ1) is 20.3. The van der Waals surface area contributed by atoms with Crippen LogP contribution in [0.25, 0.3) is 52.5 Å². The Hall–Kier alpha value is -3.36. The van der Waals surface area contributed by atoms with Crippen LogP contribution >= 0.6 is 11.3 Å². The molecular weight excluding hydrogens is 469 g/mol. The van der Waals surface area contributed by atoms with Gasteiger partial charge in [0.15, 0.2) is 0 Å². The van der Waals surface area contributed by atoms with Crippen LogP contribution in [0.4, 0.5) is 13.2 Å². The largest absolute Gasteiger partial charge is 0.534 e. The summed E-state index contributed by atoms with van der Waals surface area (Å²) in [5.74, 6) is -0.382. The molecule has 0 aliphatic heterocycles. The summed E-state index contributed by atoms with van der Waals surface area (Å²) in [6.07, 6.45) is 0. The molecule has 5 aromatic carbocycles. The van der Waals surface area contributed by atoms with Gasteiger partial charge in [0.25, 0.3) is 0 Å². The van der Waals surface area contributed by atoms with Crippen LogP contribution in [0, 0.1) is 0 Å². The van der Waals surface area contributed by atoms with Gasteiger partial charge in [0.05, 0.1) is 0 Å². The third-order valence-electron chi connectivity index (χ3n) is 5.79. The summed E-state index contributed by atoms with van der Waals surface area (Å²) in [4.78, 5) is 0. The van der Waals surface area contributed by atoms with Gasteiger partial charge in [0.1, 0.15) is 5.75 Å². The number of thiophene rings is 1. The minimum atomic E-state index is -5.76. The average molecular weight is 483 g/mol. The van der Waals surface area contributed by atoms with Gasteiger partial charge in [-0.1, -0.05) is 42.5 Å².